The monoisotopic (exact) mass is 344 g/mol. The third kappa shape index (κ3) is 2.20. The number of azo groups is 1. The lowest BCUT2D eigenvalue weighted by Gasteiger charge is -2.27. The van der Waals surface area contributed by atoms with E-state index in [1.807, 2.05) is 32.3 Å². The van der Waals surface area contributed by atoms with Crippen LogP contribution < -0.4 is 4.90 Å². The molecule has 5 heteroatoms. The van der Waals surface area contributed by atoms with Gasteiger partial charge in [0.1, 0.15) is 0 Å². The molecule has 5 rings (SSSR count). The number of hydrogen-bond acceptors (Lipinski definition) is 3. The smallest absolute Gasteiger partial charge is 0.295 e. The molecule has 1 aliphatic carbocycles. The summed E-state index contributed by atoms with van der Waals surface area (Å²) in [4.78, 5) is 18.0. The summed E-state index contributed by atoms with van der Waals surface area (Å²) in [6.07, 6.45) is 1.82. The number of nitrogens with zero attached hydrogens (tertiary/aromatic N) is 3. The summed E-state index contributed by atoms with van der Waals surface area (Å²) in [5.41, 5.74) is 6.55. The molecule has 0 saturated heterocycles. The highest BCUT2D eigenvalue weighted by Gasteiger charge is 2.34. The Morgan fingerprint density at radius 3 is 2.69 bits per heavy atom. The Hall–Kier alpha value is -2.95. The van der Waals surface area contributed by atoms with Crippen molar-refractivity contribution in [1.29, 1.82) is 0 Å². The van der Waals surface area contributed by atoms with E-state index in [-0.39, 0.29) is 11.9 Å². The molecule has 0 spiro atoms. The first kappa shape index (κ1) is 15.3. The topological polar surface area (TPSA) is 60.8 Å². The third-order valence-corrected chi connectivity index (χ3v) is 5.64. The zero-order valence-electron chi connectivity index (χ0n) is 14.9. The van der Waals surface area contributed by atoms with Gasteiger partial charge < -0.3 is 9.88 Å². The number of nitrogens with one attached hydrogen (secondary N) is 1. The number of aromatic amines is 1. The zero-order chi connectivity index (χ0) is 17.8. The van der Waals surface area contributed by atoms with Crippen molar-refractivity contribution in [3.63, 3.8) is 0 Å². The Morgan fingerprint density at radius 1 is 1.12 bits per heavy atom. The molecule has 3 aromatic rings. The average Bonchev–Trinajstić information content (AvgIpc) is 2.97. The quantitative estimate of drug-likeness (QED) is 0.738. The highest BCUT2D eigenvalue weighted by Crippen LogP contribution is 2.46. The Morgan fingerprint density at radius 2 is 1.92 bits per heavy atom. The zero-order valence-corrected chi connectivity index (χ0v) is 14.9. The Bertz CT molecular complexity index is 1050. The van der Waals surface area contributed by atoms with Crippen molar-refractivity contribution in [1.82, 2.24) is 4.98 Å². The van der Waals surface area contributed by atoms with Crippen molar-refractivity contribution < 1.29 is 4.79 Å². The molecule has 1 aromatic heterocycles. The number of anilines is 1. The summed E-state index contributed by atoms with van der Waals surface area (Å²) in [5, 5.41) is 9.43. The highest BCUT2D eigenvalue weighted by molar-refractivity contribution is 6.09. The average molecular weight is 344 g/mol. The van der Waals surface area contributed by atoms with Crippen molar-refractivity contribution in [2.75, 3.05) is 19.0 Å². The fraction of sp³-hybridized carbons (Fsp3) is 0.286. The van der Waals surface area contributed by atoms with E-state index in [1.54, 1.807) is 0 Å². The van der Waals surface area contributed by atoms with Crippen LogP contribution in [0.5, 0.6) is 0 Å². The number of rotatable bonds is 2. The van der Waals surface area contributed by atoms with Crippen molar-refractivity contribution in [2.24, 2.45) is 10.2 Å². The van der Waals surface area contributed by atoms with Crippen LogP contribution >= 0.6 is 0 Å². The van der Waals surface area contributed by atoms with E-state index in [9.17, 15) is 4.79 Å². The number of H-pyrrole nitrogens is 1. The van der Waals surface area contributed by atoms with Gasteiger partial charge in [0, 0.05) is 41.9 Å². The van der Waals surface area contributed by atoms with E-state index in [0.29, 0.717) is 11.5 Å². The maximum atomic E-state index is 12.4. The molecule has 2 aliphatic rings. The SMILES string of the molecule is CN(C)c1ccc(C2Cc3[nH]c4cccc5c4c3C(C2)N=NC5=O)cc1. The molecule has 2 heterocycles. The lowest BCUT2D eigenvalue weighted by atomic mass is 9.79. The van der Waals surface area contributed by atoms with Crippen molar-refractivity contribution in [3.05, 3.63) is 64.8 Å². The van der Waals surface area contributed by atoms with E-state index in [1.165, 1.54) is 22.5 Å². The van der Waals surface area contributed by atoms with Crippen LogP contribution in [0.3, 0.4) is 0 Å². The fourth-order valence-corrected chi connectivity index (χ4v) is 4.33. The van der Waals surface area contributed by atoms with Crippen LogP contribution in [0.2, 0.25) is 0 Å². The first-order chi connectivity index (χ1) is 12.6. The normalized spacial score (nSPS) is 21.1. The first-order valence-corrected chi connectivity index (χ1v) is 8.97. The molecule has 2 unspecified atom stereocenters. The van der Waals surface area contributed by atoms with Crippen LogP contribution in [-0.2, 0) is 6.42 Å². The summed E-state index contributed by atoms with van der Waals surface area (Å²) >= 11 is 0. The summed E-state index contributed by atoms with van der Waals surface area (Å²) < 4.78 is 0. The molecule has 0 radical (unpaired) electrons. The predicted molar refractivity (Wildman–Crippen MR) is 102 cm³/mol. The lowest BCUT2D eigenvalue weighted by Crippen LogP contribution is -2.16. The lowest BCUT2D eigenvalue weighted by molar-refractivity contribution is 0.0994. The van der Waals surface area contributed by atoms with E-state index in [4.69, 9.17) is 0 Å². The fourth-order valence-electron chi connectivity index (χ4n) is 4.33. The second-order valence-electron chi connectivity index (χ2n) is 7.40. The van der Waals surface area contributed by atoms with Crippen LogP contribution in [0.25, 0.3) is 10.9 Å². The first-order valence-electron chi connectivity index (χ1n) is 8.97. The number of carbonyl (C=O) groups excluding carboxylic acids is 1. The van der Waals surface area contributed by atoms with Gasteiger partial charge in [0.25, 0.3) is 5.91 Å². The maximum Gasteiger partial charge on any atom is 0.295 e. The molecular weight excluding hydrogens is 324 g/mol. The number of carbonyl (C=O) groups is 1. The number of aromatic nitrogens is 1. The van der Waals surface area contributed by atoms with E-state index in [2.05, 4.69) is 44.4 Å². The predicted octanol–water partition coefficient (Wildman–Crippen LogP) is 4.61. The second-order valence-corrected chi connectivity index (χ2v) is 7.40. The molecule has 2 aromatic carbocycles. The van der Waals surface area contributed by atoms with Gasteiger partial charge >= 0.3 is 0 Å². The largest absolute Gasteiger partial charge is 0.378 e. The maximum absolute atomic E-state index is 12.4. The van der Waals surface area contributed by atoms with E-state index in [0.717, 1.165) is 23.7 Å². The standard InChI is InChI=1S/C21H20N4O/c1-25(2)14-8-6-12(7-9-14)13-10-17-20-18(11-13)23-24-21(26)15-4-3-5-16(22-17)19(15)20/h3-9,13,18,22H,10-11H2,1-2H3. The van der Waals surface area contributed by atoms with Gasteiger partial charge in [0.15, 0.2) is 0 Å². The number of hydrogen-bond donors (Lipinski definition) is 1. The third-order valence-electron chi connectivity index (χ3n) is 5.64. The Labute approximate surface area is 151 Å². The summed E-state index contributed by atoms with van der Waals surface area (Å²) in [5.74, 6) is 0.131. The molecule has 2 atom stereocenters. The molecule has 130 valence electrons. The van der Waals surface area contributed by atoms with Gasteiger partial charge in [-0.3, -0.25) is 4.79 Å². The van der Waals surface area contributed by atoms with Gasteiger partial charge in [-0.15, -0.1) is 5.11 Å². The number of amides is 1. The Kier molecular flexibility index (Phi) is 3.26. The van der Waals surface area contributed by atoms with Gasteiger partial charge in [-0.2, -0.15) is 5.11 Å². The molecule has 0 bridgehead atoms. The number of benzene rings is 2. The summed E-state index contributed by atoms with van der Waals surface area (Å²) in [6, 6.07) is 14.5. The van der Waals surface area contributed by atoms with Gasteiger partial charge in [-0.1, -0.05) is 18.2 Å². The van der Waals surface area contributed by atoms with Crippen molar-refractivity contribution in [2.45, 2.75) is 24.8 Å². The van der Waals surface area contributed by atoms with Crippen LogP contribution in [0.1, 0.15) is 45.6 Å². The minimum Gasteiger partial charge on any atom is -0.378 e. The van der Waals surface area contributed by atoms with E-state index < -0.39 is 0 Å². The van der Waals surface area contributed by atoms with Crippen molar-refractivity contribution >= 4 is 22.5 Å². The highest BCUT2D eigenvalue weighted by atomic mass is 16.1. The second kappa shape index (κ2) is 5.53. The molecule has 26 heavy (non-hydrogen) atoms. The molecule has 0 saturated carbocycles. The minimum absolute atomic E-state index is 0.0568. The summed E-state index contributed by atoms with van der Waals surface area (Å²) in [7, 11) is 4.10. The van der Waals surface area contributed by atoms with Gasteiger partial charge in [0.2, 0.25) is 0 Å². The van der Waals surface area contributed by atoms with Gasteiger partial charge in [-0.05, 0) is 48.6 Å². The molecule has 1 aliphatic heterocycles. The molecule has 5 nitrogen and oxygen atoms in total. The van der Waals surface area contributed by atoms with Crippen LogP contribution in [-0.4, -0.2) is 25.0 Å². The summed E-state index contributed by atoms with van der Waals surface area (Å²) in [6.45, 7) is 0. The van der Waals surface area contributed by atoms with E-state index >= 15 is 0 Å². The van der Waals surface area contributed by atoms with Crippen LogP contribution in [0, 0.1) is 0 Å². The molecular formula is C21H20N4O. The van der Waals surface area contributed by atoms with Gasteiger partial charge in [-0.25, -0.2) is 0 Å². The molecule has 0 fully saturated rings. The minimum atomic E-state index is -0.237. The Balaban J connectivity index is 1.60. The van der Waals surface area contributed by atoms with Crippen molar-refractivity contribution in [3.8, 4) is 0 Å². The van der Waals surface area contributed by atoms with Gasteiger partial charge in [0.05, 0.1) is 11.6 Å². The van der Waals surface area contributed by atoms with Crippen LogP contribution in [0.4, 0.5) is 5.69 Å². The van der Waals surface area contributed by atoms with Crippen LogP contribution in [0.15, 0.2) is 52.7 Å². The molecule has 1 N–H and O–H groups in total. The molecule has 1 amide bonds.